The van der Waals surface area contributed by atoms with Gasteiger partial charge in [-0.25, -0.2) is 4.79 Å². The van der Waals surface area contributed by atoms with Gasteiger partial charge in [-0.3, -0.25) is 0 Å². The van der Waals surface area contributed by atoms with Crippen molar-refractivity contribution in [2.75, 3.05) is 12.1 Å². The Hall–Kier alpha value is -3.62. The van der Waals surface area contributed by atoms with Crippen LogP contribution in [0, 0.1) is 11.3 Å². The Morgan fingerprint density at radius 1 is 1.00 bits per heavy atom. The maximum absolute atomic E-state index is 12.7. The lowest BCUT2D eigenvalue weighted by atomic mass is 9.71. The van der Waals surface area contributed by atoms with E-state index in [0.717, 1.165) is 48.1 Å². The minimum absolute atomic E-state index is 0.197. The number of carbonyl (C=O) groups excluding carboxylic acids is 1. The number of aromatic nitrogens is 4. The van der Waals surface area contributed by atoms with Gasteiger partial charge in [0, 0.05) is 17.3 Å². The van der Waals surface area contributed by atoms with Crippen molar-refractivity contribution in [1.82, 2.24) is 25.9 Å². The first-order valence-corrected chi connectivity index (χ1v) is 11.7. The molecule has 9 nitrogen and oxygen atoms in total. The molecular formula is C25H30N6O3. The summed E-state index contributed by atoms with van der Waals surface area (Å²) in [5.41, 5.74) is 3.54. The largest absolute Gasteiger partial charge is 0.454 e. The van der Waals surface area contributed by atoms with Gasteiger partial charge in [0.25, 0.3) is 0 Å². The Kier molecular flexibility index (Phi) is 5.85. The van der Waals surface area contributed by atoms with Gasteiger partial charge >= 0.3 is 6.03 Å². The molecule has 1 aliphatic heterocycles. The topological polar surface area (TPSA) is 114 Å². The number of fused-ring (bicyclic) bond motifs is 1. The Balaban J connectivity index is 1.31. The molecule has 34 heavy (non-hydrogen) atoms. The second-order valence-corrected chi connectivity index (χ2v) is 10.1. The van der Waals surface area contributed by atoms with Gasteiger partial charge in [-0.2, -0.15) is 5.21 Å². The molecule has 0 unspecified atom stereocenters. The number of benzene rings is 2. The Bertz CT molecular complexity index is 1160. The first-order chi connectivity index (χ1) is 16.4. The van der Waals surface area contributed by atoms with Gasteiger partial charge in [0.15, 0.2) is 11.5 Å². The maximum Gasteiger partial charge on any atom is 0.319 e. The zero-order valence-corrected chi connectivity index (χ0v) is 19.7. The van der Waals surface area contributed by atoms with Crippen molar-refractivity contribution in [1.29, 1.82) is 0 Å². The Labute approximate surface area is 198 Å². The predicted molar refractivity (Wildman–Crippen MR) is 129 cm³/mol. The highest BCUT2D eigenvalue weighted by Crippen LogP contribution is 2.40. The molecule has 3 N–H and O–H groups in total. The lowest BCUT2D eigenvalue weighted by Crippen LogP contribution is -2.41. The van der Waals surface area contributed by atoms with Crippen LogP contribution >= 0.6 is 0 Å². The summed E-state index contributed by atoms with van der Waals surface area (Å²) in [6.07, 6.45) is 4.29. The smallest absolute Gasteiger partial charge is 0.319 e. The van der Waals surface area contributed by atoms with Gasteiger partial charge in [-0.05, 0) is 77.6 Å². The van der Waals surface area contributed by atoms with Crippen molar-refractivity contribution in [2.24, 2.45) is 11.3 Å². The summed E-state index contributed by atoms with van der Waals surface area (Å²) in [5.74, 6) is 2.56. The van der Waals surface area contributed by atoms with Crippen LogP contribution in [0.3, 0.4) is 0 Å². The molecule has 2 amide bonds. The van der Waals surface area contributed by atoms with Crippen molar-refractivity contribution in [3.8, 4) is 34.0 Å². The van der Waals surface area contributed by atoms with Crippen LogP contribution in [0.4, 0.5) is 10.5 Å². The van der Waals surface area contributed by atoms with E-state index >= 15 is 0 Å². The number of nitrogens with one attached hydrogen (secondary N) is 3. The number of urea groups is 1. The molecule has 178 valence electrons. The zero-order valence-electron chi connectivity index (χ0n) is 19.7. The van der Waals surface area contributed by atoms with E-state index in [4.69, 9.17) is 9.47 Å². The third kappa shape index (κ3) is 4.69. The number of rotatable bonds is 4. The third-order valence-corrected chi connectivity index (χ3v) is 6.83. The number of tetrazole rings is 1. The maximum atomic E-state index is 12.7. The van der Waals surface area contributed by atoms with E-state index < -0.39 is 0 Å². The van der Waals surface area contributed by atoms with Crippen molar-refractivity contribution >= 4 is 11.7 Å². The highest BCUT2D eigenvalue weighted by atomic mass is 16.7. The van der Waals surface area contributed by atoms with Crippen LogP contribution in [0.25, 0.3) is 22.5 Å². The Morgan fingerprint density at radius 3 is 2.53 bits per heavy atom. The Morgan fingerprint density at radius 2 is 1.79 bits per heavy atom. The molecule has 1 aromatic heterocycles. The van der Waals surface area contributed by atoms with Gasteiger partial charge in [0.1, 0.15) is 0 Å². The summed E-state index contributed by atoms with van der Waals surface area (Å²) in [6.45, 7) is 7.11. The molecule has 2 aromatic carbocycles. The van der Waals surface area contributed by atoms with E-state index in [2.05, 4.69) is 52.0 Å². The summed E-state index contributed by atoms with van der Waals surface area (Å²) in [5, 5.41) is 20.6. The SMILES string of the molecule is CC(C)(C)[C@H]1CC[C@@H](NC(=O)Nc2ccc(-c3ccc4c(c3)OCO4)c(-c3nn[nH]n3)c2)CC1. The molecule has 9 heteroatoms. The minimum atomic E-state index is -0.200. The average Bonchev–Trinajstić information content (AvgIpc) is 3.50. The lowest BCUT2D eigenvalue weighted by Gasteiger charge is -2.37. The van der Waals surface area contributed by atoms with Gasteiger partial charge in [0.2, 0.25) is 12.6 Å². The normalized spacial score (nSPS) is 19.6. The van der Waals surface area contributed by atoms with Gasteiger partial charge < -0.3 is 20.1 Å². The average molecular weight is 463 g/mol. The lowest BCUT2D eigenvalue weighted by molar-refractivity contribution is 0.161. The van der Waals surface area contributed by atoms with Crippen molar-refractivity contribution in [3.05, 3.63) is 36.4 Å². The van der Waals surface area contributed by atoms with Gasteiger partial charge in [0.05, 0.1) is 0 Å². The summed E-state index contributed by atoms with van der Waals surface area (Å²) >= 11 is 0. The number of amides is 2. The summed E-state index contributed by atoms with van der Waals surface area (Å²) in [7, 11) is 0. The first-order valence-electron chi connectivity index (χ1n) is 11.7. The number of ether oxygens (including phenoxy) is 2. The molecule has 0 atom stereocenters. The molecule has 2 aliphatic rings. The highest BCUT2D eigenvalue weighted by Gasteiger charge is 2.30. The van der Waals surface area contributed by atoms with E-state index in [1.807, 2.05) is 36.4 Å². The monoisotopic (exact) mass is 462 g/mol. The number of nitrogens with zero attached hydrogens (tertiary/aromatic N) is 3. The quantitative estimate of drug-likeness (QED) is 0.503. The molecule has 2 heterocycles. The van der Waals surface area contributed by atoms with E-state index in [0.29, 0.717) is 28.6 Å². The van der Waals surface area contributed by atoms with Crippen LogP contribution < -0.4 is 20.1 Å². The molecule has 0 spiro atoms. The predicted octanol–water partition coefficient (Wildman–Crippen LogP) is 4.99. The van der Waals surface area contributed by atoms with E-state index in [1.54, 1.807) is 0 Å². The fraction of sp³-hybridized carbons (Fsp3) is 0.440. The molecule has 5 rings (SSSR count). The van der Waals surface area contributed by atoms with Crippen LogP contribution in [0.1, 0.15) is 46.5 Å². The standard InChI is InChI=1S/C25H30N6O3/c1-25(2,3)16-5-7-17(8-6-16)26-24(32)27-18-9-10-19(20(13-18)23-28-30-31-29-23)15-4-11-21-22(12-15)34-14-33-21/h4,9-13,16-17H,5-8,14H2,1-3H3,(H2,26,27,32)(H,28,29,30,31)/t16-,17+. The molecule has 1 saturated carbocycles. The minimum Gasteiger partial charge on any atom is -0.454 e. The number of hydrogen-bond acceptors (Lipinski definition) is 6. The van der Waals surface area contributed by atoms with E-state index in [-0.39, 0.29) is 18.9 Å². The highest BCUT2D eigenvalue weighted by molar-refractivity contribution is 5.92. The fourth-order valence-corrected chi connectivity index (χ4v) is 4.86. The number of aromatic amines is 1. The molecule has 0 saturated heterocycles. The molecule has 0 radical (unpaired) electrons. The molecule has 1 aliphatic carbocycles. The molecule has 3 aromatic rings. The second kappa shape index (κ2) is 8.96. The van der Waals surface area contributed by atoms with Crippen LogP contribution in [0.5, 0.6) is 11.5 Å². The van der Waals surface area contributed by atoms with Crippen LogP contribution in [-0.2, 0) is 0 Å². The van der Waals surface area contributed by atoms with Gasteiger partial charge in [-0.1, -0.05) is 32.9 Å². The number of anilines is 1. The summed E-state index contributed by atoms with van der Waals surface area (Å²) < 4.78 is 11.0. The fourth-order valence-electron chi connectivity index (χ4n) is 4.86. The number of H-pyrrole nitrogens is 1. The number of carbonyl (C=O) groups is 1. The zero-order chi connectivity index (χ0) is 23.7. The molecular weight excluding hydrogens is 432 g/mol. The molecule has 1 fully saturated rings. The van der Waals surface area contributed by atoms with Crippen LogP contribution in [0.15, 0.2) is 36.4 Å². The van der Waals surface area contributed by atoms with E-state index in [9.17, 15) is 4.79 Å². The van der Waals surface area contributed by atoms with Crippen LogP contribution in [0.2, 0.25) is 0 Å². The second-order valence-electron chi connectivity index (χ2n) is 10.1. The van der Waals surface area contributed by atoms with Crippen molar-refractivity contribution in [3.63, 3.8) is 0 Å². The third-order valence-electron chi connectivity index (χ3n) is 6.83. The number of hydrogen-bond donors (Lipinski definition) is 3. The first kappa shape index (κ1) is 22.2. The van der Waals surface area contributed by atoms with E-state index in [1.165, 1.54) is 0 Å². The van der Waals surface area contributed by atoms with Crippen molar-refractivity contribution < 1.29 is 14.3 Å². The van der Waals surface area contributed by atoms with Crippen molar-refractivity contribution in [2.45, 2.75) is 52.5 Å². The van der Waals surface area contributed by atoms with Crippen LogP contribution in [-0.4, -0.2) is 39.5 Å². The summed E-state index contributed by atoms with van der Waals surface area (Å²) in [4.78, 5) is 12.7. The summed E-state index contributed by atoms with van der Waals surface area (Å²) in [6, 6.07) is 11.4. The van der Waals surface area contributed by atoms with Gasteiger partial charge in [-0.15, -0.1) is 10.2 Å². The molecule has 0 bridgehead atoms.